The van der Waals surface area contributed by atoms with E-state index < -0.39 is 0 Å². The molecule has 0 aliphatic heterocycles. The second-order valence-corrected chi connectivity index (χ2v) is 3.38. The Morgan fingerprint density at radius 1 is 1.47 bits per heavy atom. The van der Waals surface area contributed by atoms with Crippen LogP contribution in [0.1, 0.15) is 26.3 Å². The lowest BCUT2D eigenvalue weighted by Gasteiger charge is -2.07. The zero-order chi connectivity index (χ0) is 11.3. The fourth-order valence-corrected chi connectivity index (χ4v) is 1.22. The molecular formula is C13H16N2. The summed E-state index contributed by atoms with van der Waals surface area (Å²) in [4.78, 5) is 8.46. The molecule has 1 rings (SSSR count). The van der Waals surface area contributed by atoms with Gasteiger partial charge >= 0.3 is 0 Å². The van der Waals surface area contributed by atoms with Gasteiger partial charge in [0, 0.05) is 24.2 Å². The van der Waals surface area contributed by atoms with E-state index in [0.29, 0.717) is 0 Å². The van der Waals surface area contributed by atoms with Gasteiger partial charge in [0.15, 0.2) is 0 Å². The van der Waals surface area contributed by atoms with Crippen molar-refractivity contribution >= 4 is 11.9 Å². The molecule has 1 heterocycles. The molecule has 0 bridgehead atoms. The molecule has 0 unspecified atom stereocenters. The Labute approximate surface area is 91.1 Å². The Balaban J connectivity index is 3.27. The summed E-state index contributed by atoms with van der Waals surface area (Å²) in [6.07, 6.45) is 5.36. The summed E-state index contributed by atoms with van der Waals surface area (Å²) in [6.45, 7) is 9.84. The first-order chi connectivity index (χ1) is 7.16. The van der Waals surface area contributed by atoms with E-state index in [-0.39, 0.29) is 0 Å². The number of aromatic nitrogens is 1. The lowest BCUT2D eigenvalue weighted by atomic mass is 10.0. The minimum absolute atomic E-state index is 0.943. The number of rotatable bonds is 3. The van der Waals surface area contributed by atoms with Gasteiger partial charge in [0.2, 0.25) is 0 Å². The molecule has 0 N–H and O–H groups in total. The van der Waals surface area contributed by atoms with Gasteiger partial charge in [0.25, 0.3) is 0 Å². The van der Waals surface area contributed by atoms with Crippen LogP contribution >= 0.6 is 0 Å². The largest absolute Gasteiger partial charge is 0.264 e. The van der Waals surface area contributed by atoms with Crippen molar-refractivity contribution in [2.75, 3.05) is 0 Å². The van der Waals surface area contributed by atoms with Gasteiger partial charge in [-0.1, -0.05) is 12.2 Å². The van der Waals surface area contributed by atoms with Crippen molar-refractivity contribution in [1.29, 1.82) is 0 Å². The summed E-state index contributed by atoms with van der Waals surface area (Å²) in [5, 5.41) is 0. The van der Waals surface area contributed by atoms with E-state index in [1.165, 1.54) is 0 Å². The van der Waals surface area contributed by atoms with Crippen molar-refractivity contribution in [3.8, 4) is 0 Å². The fourth-order valence-electron chi connectivity index (χ4n) is 1.22. The molecule has 1 aromatic rings. The molecule has 0 radical (unpaired) electrons. The van der Waals surface area contributed by atoms with Crippen LogP contribution in [0, 0.1) is 0 Å². The molecule has 1 aromatic heterocycles. The summed E-state index contributed by atoms with van der Waals surface area (Å²) in [5.74, 6) is 0. The van der Waals surface area contributed by atoms with Crippen LogP contribution in [0.15, 0.2) is 47.2 Å². The van der Waals surface area contributed by atoms with Crippen molar-refractivity contribution in [1.82, 2.24) is 4.98 Å². The van der Waals surface area contributed by atoms with E-state index in [2.05, 4.69) is 16.6 Å². The van der Waals surface area contributed by atoms with Crippen molar-refractivity contribution in [3.63, 3.8) is 0 Å². The maximum atomic E-state index is 4.37. The highest BCUT2D eigenvalue weighted by atomic mass is 14.7. The Morgan fingerprint density at radius 3 is 2.67 bits per heavy atom. The van der Waals surface area contributed by atoms with E-state index in [0.717, 1.165) is 22.4 Å². The summed E-state index contributed by atoms with van der Waals surface area (Å²) in [5.41, 5.74) is 4.09. The van der Waals surface area contributed by atoms with Gasteiger partial charge in [-0.25, -0.2) is 0 Å². The topological polar surface area (TPSA) is 25.2 Å². The normalized spacial score (nSPS) is 12.7. The zero-order valence-corrected chi connectivity index (χ0v) is 9.49. The van der Waals surface area contributed by atoms with Crippen molar-refractivity contribution in [2.45, 2.75) is 20.8 Å². The lowest BCUT2D eigenvalue weighted by molar-refractivity contribution is 1.27. The van der Waals surface area contributed by atoms with Gasteiger partial charge in [0.05, 0.1) is 5.70 Å². The highest BCUT2D eigenvalue weighted by Gasteiger charge is 2.04. The van der Waals surface area contributed by atoms with Gasteiger partial charge in [-0.3, -0.25) is 9.98 Å². The van der Waals surface area contributed by atoms with Crippen molar-refractivity contribution < 1.29 is 0 Å². The van der Waals surface area contributed by atoms with Crippen molar-refractivity contribution in [3.05, 3.63) is 47.8 Å². The predicted molar refractivity (Wildman–Crippen MR) is 65.8 cm³/mol. The zero-order valence-electron chi connectivity index (χ0n) is 9.49. The number of pyridine rings is 1. The van der Waals surface area contributed by atoms with Crippen LogP contribution in [0.5, 0.6) is 0 Å². The first-order valence-corrected chi connectivity index (χ1v) is 4.92. The molecule has 2 nitrogen and oxygen atoms in total. The van der Waals surface area contributed by atoms with E-state index in [4.69, 9.17) is 0 Å². The van der Waals surface area contributed by atoms with Crippen LogP contribution in [-0.4, -0.2) is 11.2 Å². The van der Waals surface area contributed by atoms with Gasteiger partial charge in [-0.15, -0.1) is 0 Å². The minimum atomic E-state index is 0.943. The maximum absolute atomic E-state index is 4.37. The number of hydrogen-bond donors (Lipinski definition) is 0. The molecular weight excluding hydrogens is 184 g/mol. The molecule has 15 heavy (non-hydrogen) atoms. The Kier molecular flexibility index (Phi) is 3.98. The molecule has 0 saturated heterocycles. The molecule has 0 aliphatic rings. The summed E-state index contributed by atoms with van der Waals surface area (Å²) < 4.78 is 0. The quantitative estimate of drug-likeness (QED) is 0.541. The molecule has 0 spiro atoms. The third kappa shape index (κ3) is 2.88. The Morgan fingerprint density at radius 2 is 2.20 bits per heavy atom. The van der Waals surface area contributed by atoms with E-state index in [1.54, 1.807) is 12.4 Å². The summed E-state index contributed by atoms with van der Waals surface area (Å²) >= 11 is 0. The molecule has 2 heteroatoms. The van der Waals surface area contributed by atoms with Gasteiger partial charge in [-0.2, -0.15) is 0 Å². The predicted octanol–water partition coefficient (Wildman–Crippen LogP) is 3.48. The molecule has 0 atom stereocenters. The van der Waals surface area contributed by atoms with Crippen LogP contribution < -0.4 is 0 Å². The Bertz CT molecular complexity index is 400. The first-order valence-electron chi connectivity index (χ1n) is 4.92. The van der Waals surface area contributed by atoms with E-state index in [1.807, 2.05) is 39.1 Å². The van der Waals surface area contributed by atoms with Gasteiger partial charge in [-0.05, 0) is 38.5 Å². The number of hydrogen-bond acceptors (Lipinski definition) is 2. The smallest absolute Gasteiger partial charge is 0.0744 e. The SMILES string of the molecule is C=C(C)/C(C)=C(\N=CC)c1cccnc1. The van der Waals surface area contributed by atoms with Crippen LogP contribution in [0.25, 0.3) is 5.70 Å². The molecule has 0 aliphatic carbocycles. The second kappa shape index (κ2) is 5.25. The van der Waals surface area contributed by atoms with E-state index in [9.17, 15) is 0 Å². The van der Waals surface area contributed by atoms with Crippen LogP contribution in [0.4, 0.5) is 0 Å². The highest BCUT2D eigenvalue weighted by molar-refractivity contribution is 5.76. The lowest BCUT2D eigenvalue weighted by Crippen LogP contribution is -1.89. The number of nitrogens with zero attached hydrogens (tertiary/aromatic N) is 2. The summed E-state index contributed by atoms with van der Waals surface area (Å²) in [7, 11) is 0. The van der Waals surface area contributed by atoms with Gasteiger partial charge < -0.3 is 0 Å². The fraction of sp³-hybridized carbons (Fsp3) is 0.231. The van der Waals surface area contributed by atoms with Crippen LogP contribution in [-0.2, 0) is 0 Å². The third-order valence-corrected chi connectivity index (χ3v) is 2.19. The van der Waals surface area contributed by atoms with E-state index >= 15 is 0 Å². The molecule has 0 aromatic carbocycles. The van der Waals surface area contributed by atoms with Crippen LogP contribution in [0.3, 0.4) is 0 Å². The maximum Gasteiger partial charge on any atom is 0.0744 e. The average molecular weight is 200 g/mol. The highest BCUT2D eigenvalue weighted by Crippen LogP contribution is 2.22. The first kappa shape index (κ1) is 11.4. The number of aliphatic imine (C=N–C) groups is 1. The summed E-state index contributed by atoms with van der Waals surface area (Å²) in [6, 6.07) is 3.91. The standard InChI is InChI=1S/C13H16N2/c1-5-15-13(11(4)10(2)3)12-7-6-8-14-9-12/h5-9H,2H2,1,3-4H3/b13-11-,15-5?. The van der Waals surface area contributed by atoms with Crippen LogP contribution in [0.2, 0.25) is 0 Å². The molecule has 0 saturated carbocycles. The Hall–Kier alpha value is -1.70. The molecule has 0 amide bonds. The van der Waals surface area contributed by atoms with Crippen molar-refractivity contribution in [2.24, 2.45) is 4.99 Å². The monoisotopic (exact) mass is 200 g/mol. The minimum Gasteiger partial charge on any atom is -0.264 e. The average Bonchev–Trinajstić information content (AvgIpc) is 2.26. The third-order valence-electron chi connectivity index (χ3n) is 2.19. The van der Waals surface area contributed by atoms with Gasteiger partial charge in [0.1, 0.15) is 0 Å². The molecule has 78 valence electrons. The second-order valence-electron chi connectivity index (χ2n) is 3.38. The number of allylic oxidation sites excluding steroid dienone is 2. The molecule has 0 fully saturated rings.